The smallest absolute Gasteiger partial charge is 0.219 e. The number of aromatic nitrogens is 2. The van der Waals surface area contributed by atoms with E-state index in [0.29, 0.717) is 6.42 Å². The average molecular weight is 410 g/mol. The lowest BCUT2D eigenvalue weighted by atomic mass is 9.90. The zero-order chi connectivity index (χ0) is 15.9. The van der Waals surface area contributed by atoms with Crippen molar-refractivity contribution in [2.45, 2.75) is 32.7 Å². The molecule has 0 spiro atoms. The van der Waals surface area contributed by atoms with Crippen LogP contribution in [0.2, 0.25) is 0 Å². The highest BCUT2D eigenvalue weighted by molar-refractivity contribution is 14.1. The second kappa shape index (κ2) is 5.64. The molecule has 0 saturated carbocycles. The number of anilines is 1. The number of benzene rings is 1. The first-order valence-corrected chi connectivity index (χ1v) is 8.39. The van der Waals surface area contributed by atoms with Crippen molar-refractivity contribution in [2.75, 3.05) is 11.4 Å². The summed E-state index contributed by atoms with van der Waals surface area (Å²) in [5.74, 6) is 0.640. The summed E-state index contributed by atoms with van der Waals surface area (Å²) in [6, 6.07) is 6.24. The van der Waals surface area contributed by atoms with E-state index in [1.165, 1.54) is 0 Å². The molecule has 1 aromatic carbocycles. The molecule has 6 heteroatoms. The molecule has 1 aromatic heterocycles. The van der Waals surface area contributed by atoms with Crippen LogP contribution in [-0.2, 0) is 4.79 Å². The summed E-state index contributed by atoms with van der Waals surface area (Å²) in [7, 11) is 0. The van der Waals surface area contributed by atoms with Crippen LogP contribution in [0.5, 0.6) is 0 Å². The SMILES string of the molecule is CC1(C)CC(CC(N)=O)N(c2ncnc3ccc(I)cc23)C1. The number of nitrogens with zero attached hydrogens (tertiary/aromatic N) is 3. The maximum atomic E-state index is 11.4. The van der Waals surface area contributed by atoms with Crippen molar-refractivity contribution in [2.24, 2.45) is 11.1 Å². The fourth-order valence-corrected chi connectivity index (χ4v) is 3.80. The summed E-state index contributed by atoms with van der Waals surface area (Å²) in [4.78, 5) is 22.5. The molecule has 1 unspecified atom stereocenters. The molecule has 3 rings (SSSR count). The fraction of sp³-hybridized carbons (Fsp3) is 0.438. The van der Waals surface area contributed by atoms with Gasteiger partial charge < -0.3 is 10.6 Å². The minimum Gasteiger partial charge on any atom is -0.370 e. The molecule has 1 saturated heterocycles. The summed E-state index contributed by atoms with van der Waals surface area (Å²) in [5.41, 5.74) is 6.50. The largest absolute Gasteiger partial charge is 0.370 e. The zero-order valence-corrected chi connectivity index (χ0v) is 14.9. The first-order valence-electron chi connectivity index (χ1n) is 7.31. The Morgan fingerprint density at radius 3 is 2.95 bits per heavy atom. The highest BCUT2D eigenvalue weighted by Gasteiger charge is 2.39. The molecule has 22 heavy (non-hydrogen) atoms. The van der Waals surface area contributed by atoms with Crippen molar-refractivity contribution in [3.63, 3.8) is 0 Å². The molecule has 2 heterocycles. The van der Waals surface area contributed by atoms with E-state index < -0.39 is 0 Å². The highest BCUT2D eigenvalue weighted by atomic mass is 127. The molecular weight excluding hydrogens is 391 g/mol. The Morgan fingerprint density at radius 1 is 1.45 bits per heavy atom. The van der Waals surface area contributed by atoms with Gasteiger partial charge in [-0.3, -0.25) is 4.79 Å². The van der Waals surface area contributed by atoms with E-state index in [0.717, 1.165) is 33.3 Å². The molecule has 0 bridgehead atoms. The third-order valence-electron chi connectivity index (χ3n) is 4.11. The summed E-state index contributed by atoms with van der Waals surface area (Å²) in [5, 5.41) is 1.03. The van der Waals surface area contributed by atoms with Crippen LogP contribution in [0.1, 0.15) is 26.7 Å². The average Bonchev–Trinajstić information content (AvgIpc) is 2.72. The van der Waals surface area contributed by atoms with Crippen molar-refractivity contribution in [3.05, 3.63) is 28.1 Å². The number of primary amides is 1. The van der Waals surface area contributed by atoms with Gasteiger partial charge in [0, 0.05) is 28.0 Å². The molecule has 0 radical (unpaired) electrons. The number of carbonyl (C=O) groups is 1. The van der Waals surface area contributed by atoms with Crippen molar-refractivity contribution in [1.82, 2.24) is 9.97 Å². The highest BCUT2D eigenvalue weighted by Crippen LogP contribution is 2.39. The van der Waals surface area contributed by atoms with Crippen LogP contribution in [0.4, 0.5) is 5.82 Å². The number of amides is 1. The maximum Gasteiger partial charge on any atom is 0.219 e. The Morgan fingerprint density at radius 2 is 2.23 bits per heavy atom. The Bertz CT molecular complexity index is 731. The molecule has 1 aliphatic heterocycles. The van der Waals surface area contributed by atoms with Gasteiger partial charge in [-0.05, 0) is 52.6 Å². The molecule has 1 amide bonds. The quantitative estimate of drug-likeness (QED) is 0.790. The standard InChI is InChI=1S/C16H19IN4O/c1-16(2)7-11(6-14(18)22)21(8-16)15-12-5-10(17)3-4-13(12)19-9-20-15/h3-5,9,11H,6-8H2,1-2H3,(H2,18,22). The van der Waals surface area contributed by atoms with Crippen molar-refractivity contribution >= 4 is 45.2 Å². The van der Waals surface area contributed by atoms with Gasteiger partial charge in [-0.15, -0.1) is 0 Å². The van der Waals surface area contributed by atoms with Gasteiger partial charge in [0.1, 0.15) is 12.1 Å². The number of hydrogen-bond acceptors (Lipinski definition) is 4. The van der Waals surface area contributed by atoms with Crippen LogP contribution < -0.4 is 10.6 Å². The van der Waals surface area contributed by atoms with Crippen LogP contribution in [-0.4, -0.2) is 28.5 Å². The Labute approximate surface area is 143 Å². The van der Waals surface area contributed by atoms with Crippen molar-refractivity contribution < 1.29 is 4.79 Å². The van der Waals surface area contributed by atoms with Crippen LogP contribution >= 0.6 is 22.6 Å². The first kappa shape index (κ1) is 15.5. The lowest BCUT2D eigenvalue weighted by Gasteiger charge is -2.26. The van der Waals surface area contributed by atoms with Gasteiger partial charge in [0.25, 0.3) is 0 Å². The molecular formula is C16H19IN4O. The topological polar surface area (TPSA) is 72.1 Å². The lowest BCUT2D eigenvalue weighted by Crippen LogP contribution is -2.34. The van der Waals surface area contributed by atoms with E-state index in [4.69, 9.17) is 5.73 Å². The van der Waals surface area contributed by atoms with Crippen molar-refractivity contribution in [3.8, 4) is 0 Å². The number of nitrogens with two attached hydrogens (primary N) is 1. The monoisotopic (exact) mass is 410 g/mol. The predicted molar refractivity (Wildman–Crippen MR) is 95.6 cm³/mol. The van der Waals surface area contributed by atoms with E-state index in [1.54, 1.807) is 6.33 Å². The minimum absolute atomic E-state index is 0.100. The molecule has 5 nitrogen and oxygen atoms in total. The van der Waals surface area contributed by atoms with E-state index in [-0.39, 0.29) is 17.4 Å². The zero-order valence-electron chi connectivity index (χ0n) is 12.7. The van der Waals surface area contributed by atoms with Crippen LogP contribution in [0.25, 0.3) is 10.9 Å². The molecule has 0 aliphatic carbocycles. The summed E-state index contributed by atoms with van der Waals surface area (Å²) in [6.45, 7) is 5.30. The second-order valence-corrected chi connectivity index (χ2v) is 7.92. The lowest BCUT2D eigenvalue weighted by molar-refractivity contribution is -0.118. The van der Waals surface area contributed by atoms with E-state index in [2.05, 4.69) is 57.4 Å². The molecule has 116 valence electrons. The number of halogens is 1. The van der Waals surface area contributed by atoms with E-state index in [1.807, 2.05) is 12.1 Å². The van der Waals surface area contributed by atoms with Gasteiger partial charge in [0.15, 0.2) is 0 Å². The number of rotatable bonds is 3. The van der Waals surface area contributed by atoms with Crippen LogP contribution in [0, 0.1) is 8.99 Å². The third kappa shape index (κ3) is 3.02. The number of hydrogen-bond donors (Lipinski definition) is 1. The Hall–Kier alpha value is -1.44. The minimum atomic E-state index is -0.263. The number of fused-ring (bicyclic) bond motifs is 1. The summed E-state index contributed by atoms with van der Waals surface area (Å²) >= 11 is 2.29. The predicted octanol–water partition coefficient (Wildman–Crippen LogP) is 2.71. The van der Waals surface area contributed by atoms with Gasteiger partial charge in [-0.2, -0.15) is 0 Å². The molecule has 1 atom stereocenters. The second-order valence-electron chi connectivity index (χ2n) is 6.68. The Kier molecular flexibility index (Phi) is 3.96. The normalized spacial score (nSPS) is 20.5. The van der Waals surface area contributed by atoms with Crippen LogP contribution in [0.3, 0.4) is 0 Å². The van der Waals surface area contributed by atoms with Gasteiger partial charge in [-0.1, -0.05) is 13.8 Å². The van der Waals surface area contributed by atoms with E-state index >= 15 is 0 Å². The molecule has 1 fully saturated rings. The molecule has 2 N–H and O–H groups in total. The van der Waals surface area contributed by atoms with Gasteiger partial charge in [0.2, 0.25) is 5.91 Å². The molecule has 2 aromatic rings. The van der Waals surface area contributed by atoms with Gasteiger partial charge >= 0.3 is 0 Å². The van der Waals surface area contributed by atoms with Crippen molar-refractivity contribution in [1.29, 1.82) is 0 Å². The summed E-state index contributed by atoms with van der Waals surface area (Å²) in [6.07, 6.45) is 2.89. The Balaban J connectivity index is 2.08. The van der Waals surface area contributed by atoms with Gasteiger partial charge in [-0.25, -0.2) is 9.97 Å². The third-order valence-corrected chi connectivity index (χ3v) is 4.78. The maximum absolute atomic E-state index is 11.4. The van der Waals surface area contributed by atoms with Gasteiger partial charge in [0.05, 0.1) is 5.52 Å². The first-order chi connectivity index (χ1) is 10.4. The van der Waals surface area contributed by atoms with Crippen LogP contribution in [0.15, 0.2) is 24.5 Å². The fourth-order valence-electron chi connectivity index (χ4n) is 3.31. The summed E-state index contributed by atoms with van der Waals surface area (Å²) < 4.78 is 1.14. The molecule has 1 aliphatic rings. The number of carbonyl (C=O) groups excluding carboxylic acids is 1. The van der Waals surface area contributed by atoms with E-state index in [9.17, 15) is 4.79 Å².